The number of anilines is 1. The lowest BCUT2D eigenvalue weighted by molar-refractivity contribution is -0.115. The summed E-state index contributed by atoms with van der Waals surface area (Å²) >= 11 is 0. The van der Waals surface area contributed by atoms with E-state index >= 15 is 0 Å². The van der Waals surface area contributed by atoms with Crippen LogP contribution in [0.4, 0.5) is 5.69 Å². The van der Waals surface area contributed by atoms with Gasteiger partial charge in [0.1, 0.15) is 11.4 Å². The molecule has 1 aromatic carbocycles. The molecule has 0 bridgehead atoms. The van der Waals surface area contributed by atoms with Gasteiger partial charge in [0, 0.05) is 12.5 Å². The molecule has 0 aliphatic heterocycles. The van der Waals surface area contributed by atoms with E-state index in [1.807, 2.05) is 0 Å². The van der Waals surface area contributed by atoms with Gasteiger partial charge in [-0.25, -0.2) is 13.1 Å². The number of benzene rings is 1. The van der Waals surface area contributed by atoms with Crippen LogP contribution in [0.25, 0.3) is 12.2 Å². The van der Waals surface area contributed by atoms with Crippen LogP contribution >= 0.6 is 0 Å². The molecule has 0 atom stereocenters. The van der Waals surface area contributed by atoms with Gasteiger partial charge in [-0.15, -0.1) is 0 Å². The summed E-state index contributed by atoms with van der Waals surface area (Å²) in [7, 11) is -3.50. The van der Waals surface area contributed by atoms with Crippen molar-refractivity contribution >= 4 is 33.8 Å². The summed E-state index contributed by atoms with van der Waals surface area (Å²) in [5.74, 6) is 0.323. The van der Waals surface area contributed by atoms with Crippen LogP contribution < -0.4 is 10.0 Å². The van der Waals surface area contributed by atoms with Crippen molar-refractivity contribution in [3.8, 4) is 0 Å². The van der Waals surface area contributed by atoms with E-state index < -0.39 is 10.0 Å². The topological polar surface area (TPSA) is 101 Å². The predicted octanol–water partition coefficient (Wildman–Crippen LogP) is 3.72. The Morgan fingerprint density at radius 3 is 2.54 bits per heavy atom. The maximum atomic E-state index is 12.5. The van der Waals surface area contributed by atoms with Gasteiger partial charge in [0.05, 0.1) is 4.90 Å². The van der Waals surface area contributed by atoms with E-state index in [-0.39, 0.29) is 16.8 Å². The fraction of sp³-hybridized carbons (Fsp3) is 0.400. The van der Waals surface area contributed by atoms with Gasteiger partial charge in [0.2, 0.25) is 15.9 Å². The zero-order valence-electron chi connectivity index (χ0n) is 16.1. The number of nitrogens with one attached hydrogen (secondary N) is 2. The first-order valence-corrected chi connectivity index (χ1v) is 10.9. The van der Waals surface area contributed by atoms with E-state index in [1.165, 1.54) is 0 Å². The third-order valence-electron chi connectivity index (χ3n) is 4.77. The largest absolute Gasteiger partial charge is 0.354 e. The monoisotopic (exact) mass is 403 g/mol. The molecule has 1 aliphatic rings. The number of aromatic nitrogens is 1. The lowest BCUT2D eigenvalue weighted by atomic mass is 10.2. The van der Waals surface area contributed by atoms with Crippen molar-refractivity contribution in [2.75, 3.05) is 5.32 Å². The molecule has 1 saturated carbocycles. The Morgan fingerprint density at radius 1 is 1.21 bits per heavy atom. The molecule has 1 aromatic heterocycles. The third kappa shape index (κ3) is 4.88. The highest BCUT2D eigenvalue weighted by atomic mass is 32.2. The van der Waals surface area contributed by atoms with Crippen LogP contribution in [0.5, 0.6) is 0 Å². The summed E-state index contributed by atoms with van der Waals surface area (Å²) in [4.78, 5) is 11.9. The Hall–Kier alpha value is -2.45. The molecule has 8 heteroatoms. The molecule has 0 radical (unpaired) electrons. The van der Waals surface area contributed by atoms with Gasteiger partial charge in [0.25, 0.3) is 0 Å². The highest BCUT2D eigenvalue weighted by Crippen LogP contribution is 2.24. The number of aryl methyl sites for hydroxylation is 1. The second-order valence-electron chi connectivity index (χ2n) is 6.91. The fourth-order valence-corrected chi connectivity index (χ4v) is 4.45. The lowest BCUT2D eigenvalue weighted by Gasteiger charge is -2.12. The maximum Gasteiger partial charge on any atom is 0.240 e. The molecule has 3 rings (SSSR count). The standard InChI is InChI=1S/C20H25N3O4S/c1-3-19(24)21-20-14(2)22-27-18(20)13-10-15-8-11-17(12-9-15)28(25,26)23-16-6-4-5-7-16/h8-13,16,23H,3-7H2,1-2H3,(H,21,24). The molecule has 150 valence electrons. The number of nitrogens with zero attached hydrogens (tertiary/aromatic N) is 1. The average molecular weight is 404 g/mol. The van der Waals surface area contributed by atoms with Gasteiger partial charge in [-0.2, -0.15) is 0 Å². The molecule has 1 aliphatic carbocycles. The van der Waals surface area contributed by atoms with Crippen molar-refractivity contribution in [1.82, 2.24) is 9.88 Å². The average Bonchev–Trinajstić information content (AvgIpc) is 3.30. The summed E-state index contributed by atoms with van der Waals surface area (Å²) in [5, 5.41) is 6.66. The van der Waals surface area contributed by atoms with Gasteiger partial charge < -0.3 is 9.84 Å². The second kappa shape index (κ2) is 8.70. The van der Waals surface area contributed by atoms with Crippen molar-refractivity contribution in [3.05, 3.63) is 41.3 Å². The van der Waals surface area contributed by atoms with Crippen molar-refractivity contribution in [1.29, 1.82) is 0 Å². The molecule has 0 saturated heterocycles. The smallest absolute Gasteiger partial charge is 0.240 e. The van der Waals surface area contributed by atoms with Crippen LogP contribution in [0.2, 0.25) is 0 Å². The van der Waals surface area contributed by atoms with Gasteiger partial charge in [-0.05, 0) is 43.5 Å². The van der Waals surface area contributed by atoms with Gasteiger partial charge in [-0.1, -0.05) is 43.1 Å². The van der Waals surface area contributed by atoms with E-state index in [0.717, 1.165) is 31.2 Å². The number of hydrogen-bond acceptors (Lipinski definition) is 5. The van der Waals surface area contributed by atoms with Crippen molar-refractivity contribution in [2.45, 2.75) is 56.9 Å². The van der Waals surface area contributed by atoms with Crippen LogP contribution in [0.3, 0.4) is 0 Å². The second-order valence-corrected chi connectivity index (χ2v) is 8.63. The van der Waals surface area contributed by atoms with Crippen LogP contribution in [-0.4, -0.2) is 25.5 Å². The SMILES string of the molecule is CCC(=O)Nc1c(C)noc1C=Cc1ccc(S(=O)(=O)NC2CCCC2)cc1. The van der Waals surface area contributed by atoms with Crippen molar-refractivity contribution < 1.29 is 17.7 Å². The Morgan fingerprint density at radius 2 is 1.89 bits per heavy atom. The molecule has 1 fully saturated rings. The van der Waals surface area contributed by atoms with E-state index in [9.17, 15) is 13.2 Å². The quantitative estimate of drug-likeness (QED) is 0.734. The lowest BCUT2D eigenvalue weighted by Crippen LogP contribution is -2.32. The van der Waals surface area contributed by atoms with Crippen LogP contribution in [-0.2, 0) is 14.8 Å². The van der Waals surface area contributed by atoms with E-state index in [1.54, 1.807) is 50.3 Å². The van der Waals surface area contributed by atoms with Crippen molar-refractivity contribution in [2.24, 2.45) is 0 Å². The first-order chi connectivity index (χ1) is 13.4. The highest BCUT2D eigenvalue weighted by Gasteiger charge is 2.22. The molecule has 1 amide bonds. The number of sulfonamides is 1. The zero-order chi connectivity index (χ0) is 20.1. The molecule has 0 unspecified atom stereocenters. The minimum Gasteiger partial charge on any atom is -0.354 e. The molecular weight excluding hydrogens is 378 g/mol. The summed E-state index contributed by atoms with van der Waals surface area (Å²) < 4.78 is 33.0. The van der Waals surface area contributed by atoms with Crippen LogP contribution in [0.15, 0.2) is 33.7 Å². The zero-order valence-corrected chi connectivity index (χ0v) is 16.9. The van der Waals surface area contributed by atoms with Gasteiger partial charge >= 0.3 is 0 Å². The van der Waals surface area contributed by atoms with Crippen LogP contribution in [0.1, 0.15) is 56.0 Å². The minimum absolute atomic E-state index is 0.0380. The summed E-state index contributed by atoms with van der Waals surface area (Å²) in [6.45, 7) is 3.52. The van der Waals surface area contributed by atoms with E-state index in [2.05, 4.69) is 15.2 Å². The summed E-state index contributed by atoms with van der Waals surface area (Å²) in [6, 6.07) is 6.67. The number of carbonyl (C=O) groups excluding carboxylic acids is 1. The molecule has 1 heterocycles. The maximum absolute atomic E-state index is 12.5. The van der Waals surface area contributed by atoms with Crippen LogP contribution in [0, 0.1) is 6.92 Å². The van der Waals surface area contributed by atoms with E-state index in [4.69, 9.17) is 4.52 Å². The molecular formula is C20H25N3O4S. The Kier molecular flexibility index (Phi) is 6.31. The molecule has 7 nitrogen and oxygen atoms in total. The molecule has 0 spiro atoms. The third-order valence-corrected chi connectivity index (χ3v) is 6.31. The summed E-state index contributed by atoms with van der Waals surface area (Å²) in [5.41, 5.74) is 1.95. The number of hydrogen-bond donors (Lipinski definition) is 2. The van der Waals surface area contributed by atoms with Crippen molar-refractivity contribution in [3.63, 3.8) is 0 Å². The Labute approximate surface area is 165 Å². The Bertz CT molecular complexity index is 956. The van der Waals surface area contributed by atoms with E-state index in [0.29, 0.717) is 23.6 Å². The first kappa shape index (κ1) is 20.3. The molecule has 2 aromatic rings. The normalized spacial score (nSPS) is 15.4. The highest BCUT2D eigenvalue weighted by molar-refractivity contribution is 7.89. The Balaban J connectivity index is 1.71. The van der Waals surface area contributed by atoms with Gasteiger partial charge in [-0.3, -0.25) is 4.79 Å². The number of carbonyl (C=O) groups is 1. The first-order valence-electron chi connectivity index (χ1n) is 9.45. The molecule has 28 heavy (non-hydrogen) atoms. The number of amides is 1. The van der Waals surface area contributed by atoms with Gasteiger partial charge in [0.15, 0.2) is 5.76 Å². The predicted molar refractivity (Wildman–Crippen MR) is 108 cm³/mol. The minimum atomic E-state index is -3.50. The summed E-state index contributed by atoms with van der Waals surface area (Å²) in [6.07, 6.45) is 7.77. The fourth-order valence-electron chi connectivity index (χ4n) is 3.14. The number of rotatable bonds is 7. The molecule has 2 N–H and O–H groups in total.